The summed E-state index contributed by atoms with van der Waals surface area (Å²) in [7, 11) is 0. The van der Waals surface area contributed by atoms with Crippen LogP contribution < -0.4 is 5.32 Å². The summed E-state index contributed by atoms with van der Waals surface area (Å²) in [5.41, 5.74) is 0. The molecule has 0 bridgehead atoms. The number of aromatic nitrogens is 2. The van der Waals surface area contributed by atoms with E-state index in [1.54, 1.807) is 0 Å². The van der Waals surface area contributed by atoms with Crippen molar-refractivity contribution >= 4 is 0 Å². The minimum Gasteiger partial charge on any atom is -0.334 e. The van der Waals surface area contributed by atoms with Crippen molar-refractivity contribution in [2.45, 2.75) is 64.6 Å². The van der Waals surface area contributed by atoms with Gasteiger partial charge in [-0.05, 0) is 19.3 Å². The van der Waals surface area contributed by atoms with Crippen LogP contribution in [-0.4, -0.2) is 15.6 Å². The second kappa shape index (κ2) is 6.04. The number of nitrogens with one attached hydrogen (secondary N) is 1. The van der Waals surface area contributed by atoms with Crippen LogP contribution in [0.25, 0.3) is 0 Å². The van der Waals surface area contributed by atoms with Crippen LogP contribution in [0.1, 0.15) is 51.3 Å². The highest BCUT2D eigenvalue weighted by Gasteiger charge is 2.13. The topological polar surface area (TPSA) is 29.9 Å². The van der Waals surface area contributed by atoms with Gasteiger partial charge >= 0.3 is 0 Å². The average molecular weight is 221 g/mol. The van der Waals surface area contributed by atoms with Crippen molar-refractivity contribution in [1.29, 1.82) is 0 Å². The summed E-state index contributed by atoms with van der Waals surface area (Å²) in [5.74, 6) is 1.19. The van der Waals surface area contributed by atoms with Crippen LogP contribution in [0.2, 0.25) is 0 Å². The molecule has 16 heavy (non-hydrogen) atoms. The van der Waals surface area contributed by atoms with Crippen molar-refractivity contribution in [3.8, 4) is 0 Å². The largest absolute Gasteiger partial charge is 0.334 e. The standard InChI is InChI=1S/C13H23N3/c1-2-9-16-10-8-14-13(16)11-15-12-6-4-3-5-7-12/h8,10,12,15H,2-7,9,11H2,1H3. The molecule has 0 radical (unpaired) electrons. The summed E-state index contributed by atoms with van der Waals surface area (Å²) < 4.78 is 2.26. The van der Waals surface area contributed by atoms with Crippen molar-refractivity contribution in [1.82, 2.24) is 14.9 Å². The first-order chi connectivity index (χ1) is 7.90. The number of nitrogens with zero attached hydrogens (tertiary/aromatic N) is 2. The van der Waals surface area contributed by atoms with Gasteiger partial charge in [0.15, 0.2) is 0 Å². The SMILES string of the molecule is CCCn1ccnc1CNC1CCCCC1. The number of rotatable bonds is 5. The molecule has 90 valence electrons. The van der Waals surface area contributed by atoms with E-state index in [4.69, 9.17) is 0 Å². The van der Waals surface area contributed by atoms with Crippen molar-refractivity contribution in [3.05, 3.63) is 18.2 Å². The zero-order chi connectivity index (χ0) is 11.2. The fraction of sp³-hybridized carbons (Fsp3) is 0.769. The quantitative estimate of drug-likeness (QED) is 0.828. The maximum Gasteiger partial charge on any atom is 0.122 e. The van der Waals surface area contributed by atoms with Crippen molar-refractivity contribution < 1.29 is 0 Å². The van der Waals surface area contributed by atoms with Gasteiger partial charge in [-0.15, -0.1) is 0 Å². The molecule has 0 atom stereocenters. The molecule has 1 aliphatic rings. The Morgan fingerprint density at radius 2 is 2.19 bits per heavy atom. The van der Waals surface area contributed by atoms with E-state index in [1.807, 2.05) is 6.20 Å². The number of hydrogen-bond donors (Lipinski definition) is 1. The van der Waals surface area contributed by atoms with Gasteiger partial charge in [0, 0.05) is 25.0 Å². The minimum atomic E-state index is 0.723. The predicted molar refractivity (Wildman–Crippen MR) is 66.2 cm³/mol. The number of imidazole rings is 1. The highest BCUT2D eigenvalue weighted by Crippen LogP contribution is 2.17. The Balaban J connectivity index is 1.81. The molecule has 1 aliphatic carbocycles. The first-order valence-electron chi connectivity index (χ1n) is 6.63. The van der Waals surface area contributed by atoms with Crippen molar-refractivity contribution in [3.63, 3.8) is 0 Å². The van der Waals surface area contributed by atoms with Gasteiger partial charge in [0.05, 0.1) is 6.54 Å². The van der Waals surface area contributed by atoms with Crippen LogP contribution in [0.5, 0.6) is 0 Å². The first kappa shape index (κ1) is 11.6. The van der Waals surface area contributed by atoms with E-state index in [2.05, 4.69) is 28.0 Å². The summed E-state index contributed by atoms with van der Waals surface area (Å²) in [4.78, 5) is 4.42. The average Bonchev–Trinajstić information content (AvgIpc) is 2.76. The van der Waals surface area contributed by atoms with Crippen LogP contribution >= 0.6 is 0 Å². The summed E-state index contributed by atoms with van der Waals surface area (Å²) >= 11 is 0. The Kier molecular flexibility index (Phi) is 4.40. The van der Waals surface area contributed by atoms with E-state index in [-0.39, 0.29) is 0 Å². The van der Waals surface area contributed by atoms with Crippen LogP contribution in [0.3, 0.4) is 0 Å². The third-order valence-electron chi connectivity index (χ3n) is 3.42. The van der Waals surface area contributed by atoms with Gasteiger partial charge in [-0.25, -0.2) is 4.98 Å². The molecule has 1 saturated carbocycles. The molecule has 0 amide bonds. The van der Waals surface area contributed by atoms with E-state index < -0.39 is 0 Å². The van der Waals surface area contributed by atoms with Crippen LogP contribution in [0.15, 0.2) is 12.4 Å². The summed E-state index contributed by atoms with van der Waals surface area (Å²) in [6, 6.07) is 0.723. The molecule has 1 heterocycles. The van der Waals surface area contributed by atoms with Gasteiger partial charge in [-0.3, -0.25) is 0 Å². The third-order valence-corrected chi connectivity index (χ3v) is 3.42. The van der Waals surface area contributed by atoms with E-state index in [1.165, 1.54) is 44.3 Å². The zero-order valence-electron chi connectivity index (χ0n) is 10.3. The van der Waals surface area contributed by atoms with E-state index >= 15 is 0 Å². The number of hydrogen-bond acceptors (Lipinski definition) is 2. The summed E-state index contributed by atoms with van der Waals surface area (Å²) in [6.45, 7) is 4.22. The molecule has 0 aliphatic heterocycles. The van der Waals surface area contributed by atoms with Crippen LogP contribution in [-0.2, 0) is 13.1 Å². The van der Waals surface area contributed by atoms with E-state index in [9.17, 15) is 0 Å². The normalized spacial score (nSPS) is 17.8. The Morgan fingerprint density at radius 3 is 2.94 bits per heavy atom. The lowest BCUT2D eigenvalue weighted by Crippen LogP contribution is -2.31. The molecule has 1 N–H and O–H groups in total. The van der Waals surface area contributed by atoms with Crippen LogP contribution in [0, 0.1) is 0 Å². The van der Waals surface area contributed by atoms with Gasteiger partial charge in [-0.2, -0.15) is 0 Å². The summed E-state index contributed by atoms with van der Waals surface area (Å²) in [6.07, 6.45) is 12.1. The smallest absolute Gasteiger partial charge is 0.122 e. The maximum absolute atomic E-state index is 4.42. The molecule has 3 nitrogen and oxygen atoms in total. The highest BCUT2D eigenvalue weighted by molar-refractivity contribution is 4.92. The first-order valence-corrected chi connectivity index (χ1v) is 6.63. The lowest BCUT2D eigenvalue weighted by Gasteiger charge is -2.22. The van der Waals surface area contributed by atoms with Gasteiger partial charge in [0.1, 0.15) is 5.82 Å². The molecule has 0 spiro atoms. The lowest BCUT2D eigenvalue weighted by molar-refractivity contribution is 0.366. The van der Waals surface area contributed by atoms with Crippen molar-refractivity contribution in [2.75, 3.05) is 0 Å². The van der Waals surface area contributed by atoms with Crippen molar-refractivity contribution in [2.24, 2.45) is 0 Å². The van der Waals surface area contributed by atoms with Gasteiger partial charge in [0.2, 0.25) is 0 Å². The van der Waals surface area contributed by atoms with E-state index in [0.29, 0.717) is 0 Å². The molecule has 3 heteroatoms. The Morgan fingerprint density at radius 1 is 1.38 bits per heavy atom. The second-order valence-corrected chi connectivity index (χ2v) is 4.75. The summed E-state index contributed by atoms with van der Waals surface area (Å²) in [5, 5.41) is 3.64. The minimum absolute atomic E-state index is 0.723. The second-order valence-electron chi connectivity index (χ2n) is 4.75. The molecule has 1 fully saturated rings. The number of aryl methyl sites for hydroxylation is 1. The van der Waals surface area contributed by atoms with Crippen LogP contribution in [0.4, 0.5) is 0 Å². The molecule has 0 aromatic carbocycles. The molecular formula is C13H23N3. The van der Waals surface area contributed by atoms with E-state index in [0.717, 1.165) is 19.1 Å². The molecule has 1 aromatic rings. The monoisotopic (exact) mass is 221 g/mol. The third kappa shape index (κ3) is 3.08. The molecular weight excluding hydrogens is 198 g/mol. The van der Waals surface area contributed by atoms with Gasteiger partial charge < -0.3 is 9.88 Å². The molecule has 0 saturated heterocycles. The fourth-order valence-corrected chi connectivity index (χ4v) is 2.49. The molecule has 2 rings (SSSR count). The Hall–Kier alpha value is -0.830. The predicted octanol–water partition coefficient (Wildman–Crippen LogP) is 2.72. The molecule has 0 unspecified atom stereocenters. The Bertz CT molecular complexity index is 300. The fourth-order valence-electron chi connectivity index (χ4n) is 2.49. The highest BCUT2D eigenvalue weighted by atomic mass is 15.1. The van der Waals surface area contributed by atoms with Gasteiger partial charge in [-0.1, -0.05) is 26.2 Å². The zero-order valence-corrected chi connectivity index (χ0v) is 10.3. The van der Waals surface area contributed by atoms with Gasteiger partial charge in [0.25, 0.3) is 0 Å². The maximum atomic E-state index is 4.42. The molecule has 1 aromatic heterocycles. The Labute approximate surface area is 98.3 Å². The lowest BCUT2D eigenvalue weighted by atomic mass is 9.95.